The zero-order valence-corrected chi connectivity index (χ0v) is 22.3. The molecule has 3 heterocycles. The smallest absolute Gasteiger partial charge is 0.427 e. The minimum Gasteiger partial charge on any atom is -0.427 e. The van der Waals surface area contributed by atoms with Crippen molar-refractivity contribution in [3.8, 4) is 0 Å². The van der Waals surface area contributed by atoms with Crippen molar-refractivity contribution in [2.75, 3.05) is 20.6 Å². The zero-order chi connectivity index (χ0) is 27.7. The van der Waals surface area contributed by atoms with Crippen molar-refractivity contribution in [1.82, 2.24) is 25.9 Å². The largest absolute Gasteiger partial charge is 0.448 e. The minimum absolute atomic E-state index is 0. The molecule has 0 aliphatic carbocycles. The average Bonchev–Trinajstić information content (AvgIpc) is 2.84. The van der Waals surface area contributed by atoms with Gasteiger partial charge in [0.2, 0.25) is 5.91 Å². The van der Waals surface area contributed by atoms with Crippen LogP contribution < -0.4 is 16.0 Å². The molecule has 2 aromatic heterocycles. The topological polar surface area (TPSA) is 154 Å². The fourth-order valence-electron chi connectivity index (χ4n) is 3.30. The number of aromatic nitrogens is 2. The van der Waals surface area contributed by atoms with E-state index in [-0.39, 0.29) is 39.8 Å². The monoisotopic (exact) mass is 535 g/mol. The van der Waals surface area contributed by atoms with Gasteiger partial charge in [0, 0.05) is 50.9 Å². The van der Waals surface area contributed by atoms with E-state index in [1.807, 2.05) is 13.8 Å². The molecule has 2 aromatic rings. The lowest BCUT2D eigenvalue weighted by Gasteiger charge is -2.28. The number of hydrogen-bond donors (Lipinski definition) is 5. The highest BCUT2D eigenvalue weighted by atomic mass is 16.4. The highest BCUT2D eigenvalue weighted by Gasteiger charge is 2.26. The molecule has 1 fully saturated rings. The molecule has 1 aliphatic rings. The van der Waals surface area contributed by atoms with Crippen molar-refractivity contribution in [3.05, 3.63) is 59.2 Å². The Morgan fingerprint density at radius 1 is 1.00 bits per heavy atom. The van der Waals surface area contributed by atoms with Crippen LogP contribution in [0.3, 0.4) is 0 Å². The number of ketones is 1. The lowest BCUT2D eigenvalue weighted by Crippen LogP contribution is -2.45. The number of aryl methyl sites for hydroxylation is 2. The molecule has 0 saturated carbocycles. The summed E-state index contributed by atoms with van der Waals surface area (Å²) in [4.78, 5) is 41.1. The number of carbonyl (C=O) groups excluding carboxylic acids is 3. The Kier molecular flexibility index (Phi) is 22.7. The number of nitrogens with zero attached hydrogens (tertiary/aromatic N) is 2. The Hall–Kier alpha value is -3.15. The zero-order valence-electron chi connectivity index (χ0n) is 22.3. The van der Waals surface area contributed by atoms with E-state index >= 15 is 0 Å². The van der Waals surface area contributed by atoms with Gasteiger partial charge in [0.1, 0.15) is 0 Å². The Bertz CT molecular complexity index is 963. The summed E-state index contributed by atoms with van der Waals surface area (Å²) in [5, 5.41) is 23.7. The van der Waals surface area contributed by atoms with Crippen LogP contribution in [0.15, 0.2) is 36.7 Å². The summed E-state index contributed by atoms with van der Waals surface area (Å²) in [7, 11) is 2.14. The second kappa shape index (κ2) is 21.9. The summed E-state index contributed by atoms with van der Waals surface area (Å²) in [5.74, 6) is 0.333. The molecule has 0 aromatic carbocycles. The summed E-state index contributed by atoms with van der Waals surface area (Å²) in [5.41, 5.74) is 2.90. The van der Waals surface area contributed by atoms with Crippen LogP contribution in [-0.4, -0.2) is 71.4 Å². The summed E-state index contributed by atoms with van der Waals surface area (Å²) >= 11 is 0. The molecule has 3 rings (SSSR count). The van der Waals surface area contributed by atoms with E-state index in [0.29, 0.717) is 17.2 Å². The van der Waals surface area contributed by atoms with Gasteiger partial charge in [-0.05, 0) is 78.2 Å². The minimum atomic E-state index is -1.17. The van der Waals surface area contributed by atoms with Crippen molar-refractivity contribution in [2.24, 2.45) is 5.92 Å². The third-order valence-corrected chi connectivity index (χ3v) is 5.21. The molecule has 11 heteroatoms. The lowest BCUT2D eigenvalue weighted by molar-refractivity contribution is -0.126. The first-order valence-corrected chi connectivity index (χ1v) is 11.8. The van der Waals surface area contributed by atoms with Crippen LogP contribution in [0.5, 0.6) is 0 Å². The molecule has 38 heavy (non-hydrogen) atoms. The van der Waals surface area contributed by atoms with E-state index in [1.165, 1.54) is 6.82 Å². The standard InChI is InChI=1S/C8H16N2O.C8H10N2O.C8H9NO.CH5BO2.2CH4.H2/c2*1-6-7(8(11)9-2)4-3-5-10-6;1-6-8(7(2)10)4-3-5-9-6;1-2(3)4;;;/h6-7,10H,3-5H2,1-2H3,(H,9,11);3-5H,1-2H3,(H,9,11);3-5H,1-2H3;3-4H,1H3;2*1H4;1H/t6-,7-;;;;;;/m0....../s1. The van der Waals surface area contributed by atoms with E-state index in [4.69, 9.17) is 10.0 Å². The number of hydrogen-bond acceptors (Lipinski definition) is 8. The number of amides is 2. The summed E-state index contributed by atoms with van der Waals surface area (Å²) in [6.45, 7) is 9.58. The molecule has 0 unspecified atom stereocenters. The molecule has 0 radical (unpaired) electrons. The number of rotatable bonds is 3. The maximum absolute atomic E-state index is 11.2. The van der Waals surface area contributed by atoms with Gasteiger partial charge in [0.15, 0.2) is 5.78 Å². The third-order valence-electron chi connectivity index (χ3n) is 5.21. The van der Waals surface area contributed by atoms with Crippen molar-refractivity contribution < 1.29 is 25.9 Å². The van der Waals surface area contributed by atoms with Gasteiger partial charge in [-0.2, -0.15) is 0 Å². The molecule has 0 bridgehead atoms. The number of pyridine rings is 2. The summed E-state index contributed by atoms with van der Waals surface area (Å²) < 4.78 is 0. The number of carbonyl (C=O) groups is 3. The second-order valence-electron chi connectivity index (χ2n) is 8.15. The van der Waals surface area contributed by atoms with E-state index in [1.54, 1.807) is 57.7 Å². The number of Topliss-reactive ketones (excluding diaryl/α,β-unsaturated/α-hetero) is 1. The predicted octanol–water partition coefficient (Wildman–Crippen LogP) is 3.07. The molecule has 0 spiro atoms. The highest BCUT2D eigenvalue weighted by molar-refractivity contribution is 6.38. The first-order chi connectivity index (χ1) is 17.0. The number of piperidine rings is 1. The van der Waals surface area contributed by atoms with Crippen molar-refractivity contribution in [2.45, 2.75) is 68.3 Å². The van der Waals surface area contributed by atoms with Gasteiger partial charge in [-0.25, -0.2) is 0 Å². The Morgan fingerprint density at radius 2 is 1.47 bits per heavy atom. The van der Waals surface area contributed by atoms with Gasteiger partial charge in [-0.1, -0.05) is 14.9 Å². The van der Waals surface area contributed by atoms with Gasteiger partial charge in [0.05, 0.1) is 11.5 Å². The Balaban J connectivity index is -0.000000213. The van der Waals surface area contributed by atoms with Crippen LogP contribution in [0.25, 0.3) is 0 Å². The highest BCUT2D eigenvalue weighted by Crippen LogP contribution is 2.15. The molecule has 5 N–H and O–H groups in total. The van der Waals surface area contributed by atoms with E-state index in [0.717, 1.165) is 30.8 Å². The van der Waals surface area contributed by atoms with E-state index in [2.05, 4.69) is 32.8 Å². The van der Waals surface area contributed by atoms with E-state index < -0.39 is 7.12 Å². The van der Waals surface area contributed by atoms with Gasteiger partial charge in [0.25, 0.3) is 5.91 Å². The lowest BCUT2D eigenvalue weighted by atomic mass is 9.91. The summed E-state index contributed by atoms with van der Waals surface area (Å²) in [6.07, 6.45) is 5.49. The van der Waals surface area contributed by atoms with Crippen LogP contribution >= 0.6 is 0 Å². The van der Waals surface area contributed by atoms with E-state index in [9.17, 15) is 14.4 Å². The normalized spacial score (nSPS) is 15.0. The predicted molar refractivity (Wildman–Crippen MR) is 157 cm³/mol. The first kappa shape index (κ1) is 39.4. The quantitative estimate of drug-likeness (QED) is 0.297. The van der Waals surface area contributed by atoms with Gasteiger partial charge >= 0.3 is 7.12 Å². The van der Waals surface area contributed by atoms with Crippen LogP contribution in [0.2, 0.25) is 6.82 Å². The van der Waals surface area contributed by atoms with Gasteiger partial charge in [-0.3, -0.25) is 24.4 Å². The Morgan fingerprint density at radius 3 is 1.82 bits per heavy atom. The van der Waals surface area contributed by atoms with Crippen molar-refractivity contribution in [3.63, 3.8) is 0 Å². The molecule has 2 atom stereocenters. The number of nitrogens with one attached hydrogen (secondary N) is 3. The second-order valence-corrected chi connectivity index (χ2v) is 8.15. The molecular formula is C27H50BN5O5. The molecule has 10 nitrogen and oxygen atoms in total. The van der Waals surface area contributed by atoms with Gasteiger partial charge < -0.3 is 26.0 Å². The van der Waals surface area contributed by atoms with Crippen LogP contribution in [0.1, 0.15) is 75.1 Å². The molecule has 216 valence electrons. The average molecular weight is 536 g/mol. The Labute approximate surface area is 230 Å². The maximum atomic E-state index is 11.2. The molecular weight excluding hydrogens is 485 g/mol. The summed E-state index contributed by atoms with van der Waals surface area (Å²) in [6, 6.07) is 7.39. The maximum Gasteiger partial charge on any atom is 0.448 e. The molecule has 1 saturated heterocycles. The molecule has 1 aliphatic heterocycles. The van der Waals surface area contributed by atoms with Gasteiger partial charge in [-0.15, -0.1) is 0 Å². The van der Waals surface area contributed by atoms with Crippen molar-refractivity contribution in [1.29, 1.82) is 0 Å². The fourth-order valence-corrected chi connectivity index (χ4v) is 3.30. The SMILES string of the molecule is C.C.CB(O)O.CC(=O)c1cccnc1C.CNC(=O)[C@H]1CCCN[C@H]1C.CNC(=O)c1cccnc1C.[HH]. The third kappa shape index (κ3) is 15.9. The van der Waals surface area contributed by atoms with Crippen LogP contribution in [0.4, 0.5) is 0 Å². The van der Waals surface area contributed by atoms with Crippen LogP contribution in [-0.2, 0) is 4.79 Å². The van der Waals surface area contributed by atoms with Crippen LogP contribution in [0, 0.1) is 19.8 Å². The first-order valence-electron chi connectivity index (χ1n) is 11.8. The fraction of sp³-hybridized carbons (Fsp3) is 0.519. The molecule has 2 amide bonds. The van der Waals surface area contributed by atoms with Crippen molar-refractivity contribution >= 4 is 24.7 Å².